The molecule has 1 aromatic heterocycles. The van der Waals surface area contributed by atoms with Gasteiger partial charge in [-0.15, -0.1) is 11.3 Å². The number of carbonyl (C=O) groups is 1. The molecule has 0 spiro atoms. The summed E-state index contributed by atoms with van der Waals surface area (Å²) >= 11 is 1.59. The highest BCUT2D eigenvalue weighted by Gasteiger charge is 2.26. The van der Waals surface area contributed by atoms with Gasteiger partial charge < -0.3 is 10.2 Å². The third-order valence-corrected chi connectivity index (χ3v) is 5.16. The van der Waals surface area contributed by atoms with E-state index in [9.17, 15) is 4.79 Å². The van der Waals surface area contributed by atoms with E-state index in [0.717, 1.165) is 50.4 Å². The molecule has 0 amide bonds. The van der Waals surface area contributed by atoms with E-state index in [-0.39, 0.29) is 5.78 Å². The lowest BCUT2D eigenvalue weighted by Crippen LogP contribution is -2.52. The lowest BCUT2D eigenvalue weighted by atomic mass is 10.0. The molecule has 3 heterocycles. The molecule has 110 valence electrons. The van der Waals surface area contributed by atoms with Crippen LogP contribution >= 0.6 is 11.3 Å². The van der Waals surface area contributed by atoms with Crippen molar-refractivity contribution in [3.05, 3.63) is 11.1 Å². The molecule has 0 aromatic carbocycles. The van der Waals surface area contributed by atoms with E-state index in [0.29, 0.717) is 5.69 Å². The van der Waals surface area contributed by atoms with Crippen LogP contribution in [0.5, 0.6) is 0 Å². The predicted octanol–water partition coefficient (Wildman–Crippen LogP) is 1.22. The fourth-order valence-electron chi connectivity index (χ4n) is 3.02. The van der Waals surface area contributed by atoms with Gasteiger partial charge in [0.2, 0.25) is 0 Å². The summed E-state index contributed by atoms with van der Waals surface area (Å²) < 4.78 is 0. The lowest BCUT2D eigenvalue weighted by Gasteiger charge is -2.40. The SMILES string of the molecule is CC(=O)c1csc(N2CCN(C3CCNCC3)CC2)n1. The summed E-state index contributed by atoms with van der Waals surface area (Å²) in [5.41, 5.74) is 0.603. The number of nitrogens with zero attached hydrogens (tertiary/aromatic N) is 3. The van der Waals surface area contributed by atoms with Crippen LogP contribution < -0.4 is 10.2 Å². The zero-order valence-corrected chi connectivity index (χ0v) is 12.8. The molecule has 5 nitrogen and oxygen atoms in total. The molecule has 0 saturated carbocycles. The molecule has 0 unspecified atom stereocenters. The quantitative estimate of drug-likeness (QED) is 0.850. The molecule has 0 atom stereocenters. The molecule has 0 bridgehead atoms. The van der Waals surface area contributed by atoms with Crippen molar-refractivity contribution in [2.45, 2.75) is 25.8 Å². The van der Waals surface area contributed by atoms with Crippen molar-refractivity contribution >= 4 is 22.3 Å². The second-order valence-electron chi connectivity index (χ2n) is 5.58. The predicted molar refractivity (Wildman–Crippen MR) is 81.8 cm³/mol. The maximum atomic E-state index is 11.3. The Morgan fingerprint density at radius 1 is 1.30 bits per heavy atom. The van der Waals surface area contributed by atoms with E-state index in [4.69, 9.17) is 0 Å². The van der Waals surface area contributed by atoms with Crippen molar-refractivity contribution in [3.63, 3.8) is 0 Å². The van der Waals surface area contributed by atoms with E-state index in [2.05, 4.69) is 20.1 Å². The Balaban J connectivity index is 1.56. The first kappa shape index (κ1) is 14.0. The van der Waals surface area contributed by atoms with Crippen molar-refractivity contribution in [3.8, 4) is 0 Å². The average molecular weight is 294 g/mol. The van der Waals surface area contributed by atoms with E-state index >= 15 is 0 Å². The number of anilines is 1. The number of rotatable bonds is 3. The van der Waals surface area contributed by atoms with Crippen LogP contribution in [-0.4, -0.2) is 61.0 Å². The summed E-state index contributed by atoms with van der Waals surface area (Å²) in [6.07, 6.45) is 2.54. The second kappa shape index (κ2) is 6.20. The topological polar surface area (TPSA) is 48.5 Å². The van der Waals surface area contributed by atoms with Gasteiger partial charge in [-0.2, -0.15) is 0 Å². The third-order valence-electron chi connectivity index (χ3n) is 4.26. The number of aromatic nitrogens is 1. The molecule has 2 saturated heterocycles. The highest BCUT2D eigenvalue weighted by atomic mass is 32.1. The Bertz CT molecular complexity index is 461. The van der Waals surface area contributed by atoms with Gasteiger partial charge in [0.05, 0.1) is 0 Å². The van der Waals surface area contributed by atoms with Gasteiger partial charge in [0.15, 0.2) is 10.9 Å². The normalized spacial score (nSPS) is 22.1. The minimum Gasteiger partial charge on any atom is -0.346 e. The number of carbonyl (C=O) groups excluding carboxylic acids is 1. The van der Waals surface area contributed by atoms with Crippen LogP contribution in [0.1, 0.15) is 30.3 Å². The van der Waals surface area contributed by atoms with Gasteiger partial charge >= 0.3 is 0 Å². The number of Topliss-reactive ketones (excluding diaryl/α,β-unsaturated/α-hetero) is 1. The van der Waals surface area contributed by atoms with Crippen LogP contribution in [0.2, 0.25) is 0 Å². The second-order valence-corrected chi connectivity index (χ2v) is 6.41. The van der Waals surface area contributed by atoms with Crippen LogP contribution in [0.25, 0.3) is 0 Å². The highest BCUT2D eigenvalue weighted by molar-refractivity contribution is 7.13. The van der Waals surface area contributed by atoms with Gasteiger partial charge in [-0.1, -0.05) is 0 Å². The lowest BCUT2D eigenvalue weighted by molar-refractivity contribution is 0.101. The van der Waals surface area contributed by atoms with E-state index in [1.807, 2.05) is 5.38 Å². The first-order valence-corrected chi connectivity index (χ1v) is 8.28. The molecule has 2 aliphatic rings. The van der Waals surface area contributed by atoms with Gasteiger partial charge in [0, 0.05) is 44.5 Å². The molecular weight excluding hydrogens is 272 g/mol. The molecule has 1 N–H and O–H groups in total. The summed E-state index contributed by atoms with van der Waals surface area (Å²) in [7, 11) is 0. The summed E-state index contributed by atoms with van der Waals surface area (Å²) in [4.78, 5) is 20.7. The highest BCUT2D eigenvalue weighted by Crippen LogP contribution is 2.23. The van der Waals surface area contributed by atoms with Crippen LogP contribution in [0, 0.1) is 0 Å². The smallest absolute Gasteiger partial charge is 0.186 e. The summed E-state index contributed by atoms with van der Waals surface area (Å²) in [6.45, 7) is 8.15. The van der Waals surface area contributed by atoms with Crippen LogP contribution in [0.4, 0.5) is 5.13 Å². The van der Waals surface area contributed by atoms with Crippen molar-refractivity contribution in [2.75, 3.05) is 44.2 Å². The Morgan fingerprint density at radius 3 is 2.60 bits per heavy atom. The molecule has 0 radical (unpaired) electrons. The van der Waals surface area contributed by atoms with Crippen molar-refractivity contribution in [1.82, 2.24) is 15.2 Å². The van der Waals surface area contributed by atoms with Gasteiger partial charge in [0.1, 0.15) is 5.69 Å². The monoisotopic (exact) mass is 294 g/mol. The summed E-state index contributed by atoms with van der Waals surface area (Å²) in [5.74, 6) is 0.0563. The Hall–Kier alpha value is -0.980. The van der Waals surface area contributed by atoms with E-state index < -0.39 is 0 Å². The minimum atomic E-state index is 0.0563. The molecule has 20 heavy (non-hydrogen) atoms. The van der Waals surface area contributed by atoms with Gasteiger partial charge in [0.25, 0.3) is 0 Å². The maximum Gasteiger partial charge on any atom is 0.186 e. The molecule has 6 heteroatoms. The van der Waals surface area contributed by atoms with Crippen LogP contribution in [0.15, 0.2) is 5.38 Å². The van der Waals surface area contributed by atoms with Crippen molar-refractivity contribution in [2.24, 2.45) is 0 Å². The zero-order chi connectivity index (χ0) is 13.9. The number of ketones is 1. The minimum absolute atomic E-state index is 0.0563. The standard InChI is InChI=1S/C14H22N4OS/c1-11(19)13-10-20-14(16-13)18-8-6-17(7-9-18)12-2-4-15-5-3-12/h10,12,15H,2-9H2,1H3. The third kappa shape index (κ3) is 3.02. The van der Waals surface area contributed by atoms with Crippen LogP contribution in [-0.2, 0) is 0 Å². The first-order chi connectivity index (χ1) is 9.74. The molecular formula is C14H22N4OS. The molecule has 2 aliphatic heterocycles. The maximum absolute atomic E-state index is 11.3. The number of piperazine rings is 1. The number of hydrogen-bond donors (Lipinski definition) is 1. The summed E-state index contributed by atoms with van der Waals surface area (Å²) in [6, 6.07) is 0.752. The Kier molecular flexibility index (Phi) is 4.33. The fourth-order valence-corrected chi connectivity index (χ4v) is 3.94. The molecule has 3 rings (SSSR count). The van der Waals surface area contributed by atoms with Crippen molar-refractivity contribution in [1.29, 1.82) is 0 Å². The molecule has 2 fully saturated rings. The van der Waals surface area contributed by atoms with Gasteiger partial charge in [-0.3, -0.25) is 9.69 Å². The van der Waals surface area contributed by atoms with E-state index in [1.165, 1.54) is 12.8 Å². The molecule has 1 aromatic rings. The number of piperidine rings is 1. The van der Waals surface area contributed by atoms with Crippen molar-refractivity contribution < 1.29 is 4.79 Å². The number of thiazole rings is 1. The summed E-state index contributed by atoms with van der Waals surface area (Å²) in [5, 5.41) is 6.30. The molecule has 0 aliphatic carbocycles. The van der Waals surface area contributed by atoms with Gasteiger partial charge in [-0.05, 0) is 25.9 Å². The first-order valence-electron chi connectivity index (χ1n) is 7.40. The Morgan fingerprint density at radius 2 is 2.00 bits per heavy atom. The largest absolute Gasteiger partial charge is 0.346 e. The fraction of sp³-hybridized carbons (Fsp3) is 0.714. The van der Waals surface area contributed by atoms with Crippen LogP contribution in [0.3, 0.4) is 0 Å². The number of nitrogens with one attached hydrogen (secondary N) is 1. The average Bonchev–Trinajstić information content (AvgIpc) is 2.98. The van der Waals surface area contributed by atoms with E-state index in [1.54, 1.807) is 18.3 Å². The zero-order valence-electron chi connectivity index (χ0n) is 12.0. The van der Waals surface area contributed by atoms with Gasteiger partial charge in [-0.25, -0.2) is 4.98 Å². The Labute approximate surface area is 124 Å². The number of hydrogen-bond acceptors (Lipinski definition) is 6.